The standard InChI is InChI=1S/C31H29F3N4O2/c1-19(2)26-15-21(17-35)16-27-28(26)40-30(37-27)23-5-3-22(4-6-23)29(39)36-18-20-11-13-38(14-12-20)25-9-7-24(8-10-25)31(32,33)34/h3-10,15-16,19-20H,11-14,18H2,1-2H3,(H,36,39). The van der Waals surface area contributed by atoms with Crippen LogP contribution < -0.4 is 10.2 Å². The van der Waals surface area contributed by atoms with E-state index in [0.717, 1.165) is 54.9 Å². The molecule has 1 saturated heterocycles. The second-order valence-electron chi connectivity index (χ2n) is 10.5. The average molecular weight is 547 g/mol. The van der Waals surface area contributed by atoms with Gasteiger partial charge in [0.2, 0.25) is 5.89 Å². The van der Waals surface area contributed by atoms with Gasteiger partial charge in [-0.1, -0.05) is 13.8 Å². The van der Waals surface area contributed by atoms with Crippen LogP contribution in [0.2, 0.25) is 0 Å². The van der Waals surface area contributed by atoms with E-state index in [9.17, 15) is 23.2 Å². The number of anilines is 1. The molecule has 0 saturated carbocycles. The van der Waals surface area contributed by atoms with Gasteiger partial charge in [0.05, 0.1) is 17.2 Å². The molecule has 0 spiro atoms. The summed E-state index contributed by atoms with van der Waals surface area (Å²) < 4.78 is 44.5. The summed E-state index contributed by atoms with van der Waals surface area (Å²) in [5.41, 5.74) is 4.14. The minimum Gasteiger partial charge on any atom is -0.436 e. The normalized spacial score (nSPS) is 14.5. The summed E-state index contributed by atoms with van der Waals surface area (Å²) in [6, 6.07) is 18.0. The summed E-state index contributed by atoms with van der Waals surface area (Å²) in [4.78, 5) is 19.4. The summed E-state index contributed by atoms with van der Waals surface area (Å²) in [5.74, 6) is 0.718. The van der Waals surface area contributed by atoms with Gasteiger partial charge in [-0.3, -0.25) is 4.79 Å². The van der Waals surface area contributed by atoms with Crippen LogP contribution in [0.4, 0.5) is 18.9 Å². The molecule has 0 radical (unpaired) electrons. The van der Waals surface area contributed by atoms with Gasteiger partial charge < -0.3 is 14.6 Å². The monoisotopic (exact) mass is 546 g/mol. The highest BCUT2D eigenvalue weighted by atomic mass is 19.4. The number of alkyl halides is 3. The van der Waals surface area contributed by atoms with Gasteiger partial charge in [-0.05, 0) is 85.3 Å². The number of oxazole rings is 1. The van der Waals surface area contributed by atoms with E-state index in [2.05, 4.69) is 21.3 Å². The molecule has 0 bridgehead atoms. The first-order chi connectivity index (χ1) is 19.1. The van der Waals surface area contributed by atoms with Crippen LogP contribution in [0.3, 0.4) is 0 Å². The summed E-state index contributed by atoms with van der Waals surface area (Å²) in [6.45, 7) is 6.05. The molecule has 4 aromatic rings. The number of piperidine rings is 1. The van der Waals surface area contributed by atoms with Crippen LogP contribution in [0.5, 0.6) is 0 Å². The summed E-state index contributed by atoms with van der Waals surface area (Å²) in [7, 11) is 0. The number of carbonyl (C=O) groups is 1. The summed E-state index contributed by atoms with van der Waals surface area (Å²) in [6.07, 6.45) is -2.66. The molecule has 206 valence electrons. The third-order valence-electron chi connectivity index (χ3n) is 7.39. The lowest BCUT2D eigenvalue weighted by Gasteiger charge is -2.33. The highest BCUT2D eigenvalue weighted by molar-refractivity contribution is 5.94. The van der Waals surface area contributed by atoms with E-state index in [-0.39, 0.29) is 11.8 Å². The van der Waals surface area contributed by atoms with Crippen molar-refractivity contribution in [2.24, 2.45) is 5.92 Å². The number of fused-ring (bicyclic) bond motifs is 1. The molecule has 1 aliphatic heterocycles. The number of carbonyl (C=O) groups excluding carboxylic acids is 1. The summed E-state index contributed by atoms with van der Waals surface area (Å²) >= 11 is 0. The lowest BCUT2D eigenvalue weighted by atomic mass is 9.96. The lowest BCUT2D eigenvalue weighted by Crippen LogP contribution is -2.38. The van der Waals surface area contributed by atoms with Gasteiger partial charge >= 0.3 is 6.18 Å². The molecule has 1 N–H and O–H groups in total. The number of rotatable bonds is 6. The first-order valence-electron chi connectivity index (χ1n) is 13.3. The maximum absolute atomic E-state index is 12.8. The Balaban J connectivity index is 1.17. The SMILES string of the molecule is CC(C)c1cc(C#N)cc2nc(-c3ccc(C(=O)NCC4CCN(c5ccc(C(F)(F)F)cc5)CC4)cc3)oc12. The fraction of sp³-hybridized carbons (Fsp3) is 0.323. The van der Waals surface area contributed by atoms with E-state index < -0.39 is 11.7 Å². The third-order valence-corrected chi connectivity index (χ3v) is 7.39. The molecule has 1 amide bonds. The summed E-state index contributed by atoms with van der Waals surface area (Å²) in [5, 5.41) is 12.4. The van der Waals surface area contributed by atoms with Crippen molar-refractivity contribution in [3.8, 4) is 17.5 Å². The van der Waals surface area contributed by atoms with Crippen LogP contribution in [0.25, 0.3) is 22.6 Å². The maximum Gasteiger partial charge on any atom is 0.416 e. The molecule has 5 rings (SSSR count). The predicted molar refractivity (Wildman–Crippen MR) is 147 cm³/mol. The van der Waals surface area contributed by atoms with Crippen molar-refractivity contribution in [1.82, 2.24) is 10.3 Å². The van der Waals surface area contributed by atoms with Crippen molar-refractivity contribution >= 4 is 22.7 Å². The Labute approximate surface area is 230 Å². The third kappa shape index (κ3) is 5.81. The number of nitrogens with zero attached hydrogens (tertiary/aromatic N) is 3. The first kappa shape index (κ1) is 27.3. The smallest absolute Gasteiger partial charge is 0.416 e. The quantitative estimate of drug-likeness (QED) is 0.278. The van der Waals surface area contributed by atoms with Crippen LogP contribution in [0.1, 0.15) is 59.7 Å². The molecule has 1 aromatic heterocycles. The van der Waals surface area contributed by atoms with Crippen LogP contribution in [-0.4, -0.2) is 30.5 Å². The van der Waals surface area contributed by atoms with Crippen LogP contribution in [-0.2, 0) is 6.18 Å². The fourth-order valence-corrected chi connectivity index (χ4v) is 5.04. The Kier molecular flexibility index (Phi) is 7.53. The predicted octanol–water partition coefficient (Wildman–Crippen LogP) is 7.16. The van der Waals surface area contributed by atoms with E-state index in [1.807, 2.05) is 19.9 Å². The van der Waals surface area contributed by atoms with Crippen molar-refractivity contribution in [3.63, 3.8) is 0 Å². The molecule has 40 heavy (non-hydrogen) atoms. The maximum atomic E-state index is 12.8. The Morgan fingerprint density at radius 2 is 1.77 bits per heavy atom. The first-order valence-corrected chi connectivity index (χ1v) is 13.3. The molecule has 3 aromatic carbocycles. The van der Waals surface area contributed by atoms with Gasteiger partial charge in [-0.25, -0.2) is 4.98 Å². The number of amides is 1. The second kappa shape index (κ2) is 11.0. The number of benzene rings is 3. The number of nitrogens with one attached hydrogen (secondary N) is 1. The number of halogens is 3. The Morgan fingerprint density at radius 1 is 1.10 bits per heavy atom. The molecule has 6 nitrogen and oxygen atoms in total. The van der Waals surface area contributed by atoms with E-state index in [1.165, 1.54) is 12.1 Å². The van der Waals surface area contributed by atoms with Crippen molar-refractivity contribution < 1.29 is 22.4 Å². The van der Waals surface area contributed by atoms with Crippen LogP contribution >= 0.6 is 0 Å². The van der Waals surface area contributed by atoms with Gasteiger partial charge in [0.1, 0.15) is 5.52 Å². The number of aromatic nitrogens is 1. The number of hydrogen-bond acceptors (Lipinski definition) is 5. The minimum absolute atomic E-state index is 0.166. The highest BCUT2D eigenvalue weighted by Crippen LogP contribution is 2.33. The molecule has 9 heteroatoms. The number of nitriles is 1. The van der Waals surface area contributed by atoms with Gasteiger partial charge in [0.15, 0.2) is 5.58 Å². The Hall–Kier alpha value is -4.32. The second-order valence-corrected chi connectivity index (χ2v) is 10.5. The minimum atomic E-state index is -4.34. The van der Waals surface area contributed by atoms with Crippen molar-refractivity contribution in [1.29, 1.82) is 5.26 Å². The zero-order chi connectivity index (χ0) is 28.4. The Morgan fingerprint density at radius 3 is 2.38 bits per heavy atom. The largest absolute Gasteiger partial charge is 0.436 e. The molecule has 1 fully saturated rings. The van der Waals surface area contributed by atoms with E-state index in [4.69, 9.17) is 4.42 Å². The van der Waals surface area contributed by atoms with Crippen LogP contribution in [0, 0.1) is 17.2 Å². The van der Waals surface area contributed by atoms with E-state index in [0.29, 0.717) is 40.6 Å². The lowest BCUT2D eigenvalue weighted by molar-refractivity contribution is -0.137. The topological polar surface area (TPSA) is 82.2 Å². The number of hydrogen-bond donors (Lipinski definition) is 1. The molecule has 0 atom stereocenters. The molecule has 0 unspecified atom stereocenters. The fourth-order valence-electron chi connectivity index (χ4n) is 5.04. The van der Waals surface area contributed by atoms with Crippen LogP contribution in [0.15, 0.2) is 65.1 Å². The molecular weight excluding hydrogens is 517 g/mol. The van der Waals surface area contributed by atoms with Crippen molar-refractivity contribution in [3.05, 3.63) is 82.9 Å². The molecular formula is C31H29F3N4O2. The van der Waals surface area contributed by atoms with E-state index in [1.54, 1.807) is 30.3 Å². The van der Waals surface area contributed by atoms with Crippen molar-refractivity contribution in [2.45, 2.75) is 38.8 Å². The molecule has 1 aliphatic rings. The zero-order valence-corrected chi connectivity index (χ0v) is 22.3. The zero-order valence-electron chi connectivity index (χ0n) is 22.3. The highest BCUT2D eigenvalue weighted by Gasteiger charge is 2.30. The van der Waals surface area contributed by atoms with Gasteiger partial charge in [0.25, 0.3) is 5.91 Å². The average Bonchev–Trinajstić information content (AvgIpc) is 3.39. The van der Waals surface area contributed by atoms with Gasteiger partial charge in [-0.15, -0.1) is 0 Å². The Bertz CT molecular complexity index is 1540. The molecule has 2 heterocycles. The van der Waals surface area contributed by atoms with Gasteiger partial charge in [-0.2, -0.15) is 18.4 Å². The van der Waals surface area contributed by atoms with Crippen molar-refractivity contribution in [2.75, 3.05) is 24.5 Å². The molecule has 0 aliphatic carbocycles. The van der Waals surface area contributed by atoms with Gasteiger partial charge in [0, 0.05) is 42.0 Å². The van der Waals surface area contributed by atoms with E-state index >= 15 is 0 Å².